The summed E-state index contributed by atoms with van der Waals surface area (Å²) in [5, 5.41) is 15.5. The minimum atomic E-state index is -0.905. The van der Waals surface area contributed by atoms with Crippen molar-refractivity contribution in [2.24, 2.45) is 14.1 Å². The van der Waals surface area contributed by atoms with Gasteiger partial charge in [0.25, 0.3) is 0 Å². The van der Waals surface area contributed by atoms with Crippen molar-refractivity contribution in [1.29, 1.82) is 0 Å². The summed E-state index contributed by atoms with van der Waals surface area (Å²) >= 11 is 0. The Labute approximate surface area is 212 Å². The molecule has 2 N–H and O–H groups in total. The van der Waals surface area contributed by atoms with Crippen molar-refractivity contribution >= 4 is 22.9 Å². The van der Waals surface area contributed by atoms with Gasteiger partial charge >= 0.3 is 6.03 Å². The van der Waals surface area contributed by atoms with E-state index in [2.05, 4.69) is 30.7 Å². The Morgan fingerprint density at radius 2 is 1.95 bits per heavy atom. The molecule has 1 aliphatic heterocycles. The van der Waals surface area contributed by atoms with E-state index in [1.165, 1.54) is 6.07 Å². The molecule has 37 heavy (non-hydrogen) atoms. The molecule has 5 rings (SSSR count). The zero-order chi connectivity index (χ0) is 26.1. The van der Waals surface area contributed by atoms with Crippen LogP contribution >= 0.6 is 0 Å². The summed E-state index contributed by atoms with van der Waals surface area (Å²) in [4.78, 5) is 19.6. The van der Waals surface area contributed by atoms with Gasteiger partial charge in [0.2, 0.25) is 0 Å². The van der Waals surface area contributed by atoms with E-state index in [4.69, 9.17) is 4.74 Å². The fraction of sp³-hybridized carbons (Fsp3) is 0.360. The number of halogens is 2. The number of hydrogen-bond acceptors (Lipinski definition) is 6. The summed E-state index contributed by atoms with van der Waals surface area (Å²) in [5.74, 6) is -1.52. The second-order valence-electron chi connectivity index (χ2n) is 9.18. The van der Waals surface area contributed by atoms with Crippen LogP contribution in [0.2, 0.25) is 0 Å². The van der Waals surface area contributed by atoms with E-state index >= 15 is 0 Å². The Morgan fingerprint density at radius 3 is 2.73 bits per heavy atom. The van der Waals surface area contributed by atoms with Crippen molar-refractivity contribution in [3.05, 3.63) is 59.9 Å². The average molecular weight is 511 g/mol. The summed E-state index contributed by atoms with van der Waals surface area (Å²) in [6.45, 7) is 2.32. The molecule has 12 heteroatoms. The molecule has 10 nitrogen and oxygen atoms in total. The molecule has 2 amide bonds. The Kier molecular flexibility index (Phi) is 6.85. The van der Waals surface area contributed by atoms with E-state index in [0.29, 0.717) is 43.3 Å². The lowest BCUT2D eigenvalue weighted by molar-refractivity contribution is 0.159. The van der Waals surface area contributed by atoms with Crippen LogP contribution in [-0.4, -0.2) is 74.9 Å². The van der Waals surface area contributed by atoms with Gasteiger partial charge in [-0.2, -0.15) is 10.2 Å². The van der Waals surface area contributed by atoms with E-state index in [0.717, 1.165) is 22.7 Å². The van der Waals surface area contributed by atoms with Crippen molar-refractivity contribution in [2.45, 2.75) is 12.0 Å². The van der Waals surface area contributed by atoms with Gasteiger partial charge in [0.1, 0.15) is 5.82 Å². The summed E-state index contributed by atoms with van der Waals surface area (Å²) in [6.07, 6.45) is 3.46. The second-order valence-corrected chi connectivity index (χ2v) is 9.18. The first-order valence-corrected chi connectivity index (χ1v) is 11.9. The maximum atomic E-state index is 14.0. The summed E-state index contributed by atoms with van der Waals surface area (Å²) in [6, 6.07) is 6.87. The normalized spacial score (nSPS) is 18.0. The number of methoxy groups -OCH3 is 1. The minimum absolute atomic E-state index is 0.211. The van der Waals surface area contributed by atoms with Gasteiger partial charge < -0.3 is 10.1 Å². The lowest BCUT2D eigenvalue weighted by Gasteiger charge is -2.20. The SMILES string of the molecule is COCCN1C[C@@H](NC(=O)Nc2cc(-c3cnc4c(cnn4C)c3)nn2C)[C@H](c2ccc(F)c(F)c2)C1. The molecule has 4 aromatic rings. The molecule has 2 atom stereocenters. The summed E-state index contributed by atoms with van der Waals surface area (Å²) in [7, 11) is 5.19. The van der Waals surface area contributed by atoms with Crippen molar-refractivity contribution in [3.8, 4) is 11.3 Å². The number of likely N-dealkylation sites (tertiary alicyclic amines) is 1. The smallest absolute Gasteiger partial charge is 0.320 e. The Balaban J connectivity index is 1.31. The van der Waals surface area contributed by atoms with E-state index in [9.17, 15) is 13.6 Å². The number of amides is 2. The molecule has 4 heterocycles. The number of urea groups is 1. The molecule has 3 aromatic heterocycles. The Morgan fingerprint density at radius 1 is 1.11 bits per heavy atom. The number of hydrogen-bond donors (Lipinski definition) is 2. The van der Waals surface area contributed by atoms with Crippen LogP contribution in [0.4, 0.5) is 19.4 Å². The predicted molar refractivity (Wildman–Crippen MR) is 134 cm³/mol. The number of carbonyl (C=O) groups is 1. The van der Waals surface area contributed by atoms with Gasteiger partial charge in [0.15, 0.2) is 17.3 Å². The van der Waals surface area contributed by atoms with E-state index in [1.54, 1.807) is 48.0 Å². The van der Waals surface area contributed by atoms with E-state index in [-0.39, 0.29) is 12.0 Å². The molecule has 1 aromatic carbocycles. The summed E-state index contributed by atoms with van der Waals surface area (Å²) < 4.78 is 35.9. The third kappa shape index (κ3) is 5.16. The topological polar surface area (TPSA) is 102 Å². The molecular formula is C25H28F2N8O2. The highest BCUT2D eigenvalue weighted by Gasteiger charge is 2.35. The van der Waals surface area contributed by atoms with Gasteiger partial charge in [-0.15, -0.1) is 0 Å². The zero-order valence-corrected chi connectivity index (χ0v) is 20.8. The quantitative estimate of drug-likeness (QED) is 0.397. The first-order valence-electron chi connectivity index (χ1n) is 11.9. The van der Waals surface area contributed by atoms with Gasteiger partial charge in [-0.1, -0.05) is 6.07 Å². The van der Waals surface area contributed by atoms with Crippen LogP contribution < -0.4 is 10.6 Å². The average Bonchev–Trinajstić information content (AvgIpc) is 3.56. The third-order valence-corrected chi connectivity index (χ3v) is 6.68. The number of carbonyl (C=O) groups excluding carboxylic acids is 1. The molecule has 0 radical (unpaired) electrons. The van der Waals surface area contributed by atoms with Crippen molar-refractivity contribution in [2.75, 3.05) is 38.7 Å². The molecule has 1 saturated heterocycles. The Bertz CT molecular complexity index is 1440. The predicted octanol–water partition coefficient (Wildman–Crippen LogP) is 2.88. The van der Waals surface area contributed by atoms with Crippen LogP contribution in [0.25, 0.3) is 22.3 Å². The van der Waals surface area contributed by atoms with Gasteiger partial charge in [-0.25, -0.2) is 18.6 Å². The van der Waals surface area contributed by atoms with E-state index < -0.39 is 17.7 Å². The molecule has 0 aliphatic carbocycles. The molecule has 1 aliphatic rings. The Hall–Kier alpha value is -3.90. The van der Waals surface area contributed by atoms with Gasteiger partial charge in [-0.05, 0) is 23.8 Å². The van der Waals surface area contributed by atoms with Crippen LogP contribution in [0.1, 0.15) is 11.5 Å². The number of nitrogens with zero attached hydrogens (tertiary/aromatic N) is 6. The van der Waals surface area contributed by atoms with Crippen molar-refractivity contribution in [1.82, 2.24) is 34.8 Å². The first kappa shape index (κ1) is 24.8. The second kappa shape index (κ2) is 10.2. The van der Waals surface area contributed by atoms with Crippen LogP contribution in [0.3, 0.4) is 0 Å². The number of ether oxygens (including phenoxy) is 1. The summed E-state index contributed by atoms with van der Waals surface area (Å²) in [5.41, 5.74) is 2.85. The number of pyridine rings is 1. The van der Waals surface area contributed by atoms with Crippen LogP contribution in [0.15, 0.2) is 42.7 Å². The minimum Gasteiger partial charge on any atom is -0.383 e. The maximum absolute atomic E-state index is 14.0. The number of fused-ring (bicyclic) bond motifs is 1. The lowest BCUT2D eigenvalue weighted by Crippen LogP contribution is -2.42. The van der Waals surface area contributed by atoms with Crippen LogP contribution in [0.5, 0.6) is 0 Å². The standard InChI is InChI=1S/C25H28F2N8O2/c1-33-23(10-21(32-33)16-8-17-12-29-34(2)24(17)28-11-16)31-25(36)30-22-14-35(6-7-37-3)13-18(22)15-4-5-19(26)20(27)9-15/h4-5,8-12,18,22H,6-7,13-14H2,1-3H3,(H2,30,31,36)/t18-,22+/m0/s1. The fourth-order valence-electron chi connectivity index (χ4n) is 4.74. The van der Waals surface area contributed by atoms with Crippen LogP contribution in [-0.2, 0) is 18.8 Å². The largest absolute Gasteiger partial charge is 0.383 e. The van der Waals surface area contributed by atoms with Gasteiger partial charge in [0.05, 0.1) is 24.5 Å². The monoisotopic (exact) mass is 510 g/mol. The van der Waals surface area contributed by atoms with Crippen molar-refractivity contribution < 1.29 is 18.3 Å². The number of anilines is 1. The molecule has 194 valence electrons. The number of nitrogens with one attached hydrogen (secondary N) is 2. The zero-order valence-electron chi connectivity index (χ0n) is 20.8. The molecular weight excluding hydrogens is 482 g/mol. The molecule has 0 unspecified atom stereocenters. The van der Waals surface area contributed by atoms with E-state index in [1.807, 2.05) is 13.1 Å². The molecule has 0 bridgehead atoms. The lowest BCUT2D eigenvalue weighted by atomic mass is 9.94. The van der Waals surface area contributed by atoms with Gasteiger partial charge in [-0.3, -0.25) is 19.6 Å². The molecule has 0 saturated carbocycles. The van der Waals surface area contributed by atoms with Crippen LogP contribution in [0, 0.1) is 11.6 Å². The number of rotatable bonds is 7. The highest BCUT2D eigenvalue weighted by atomic mass is 19.2. The molecule has 0 spiro atoms. The van der Waals surface area contributed by atoms with Crippen molar-refractivity contribution in [3.63, 3.8) is 0 Å². The maximum Gasteiger partial charge on any atom is 0.320 e. The third-order valence-electron chi connectivity index (χ3n) is 6.68. The number of aromatic nitrogens is 5. The van der Waals surface area contributed by atoms with Gasteiger partial charge in [0, 0.05) is 70.0 Å². The fourth-order valence-corrected chi connectivity index (χ4v) is 4.74. The number of aryl methyl sites for hydroxylation is 2. The first-order chi connectivity index (χ1) is 17.8. The molecule has 1 fully saturated rings. The highest BCUT2D eigenvalue weighted by Crippen LogP contribution is 2.29. The highest BCUT2D eigenvalue weighted by molar-refractivity contribution is 5.89. The number of benzene rings is 1.